The Balaban J connectivity index is 1.42. The van der Waals surface area contributed by atoms with Crippen LogP contribution in [0.3, 0.4) is 0 Å². The number of alkyl carbamates (subject to hydrolysis) is 1. The van der Waals surface area contributed by atoms with Crippen molar-refractivity contribution in [3.05, 3.63) is 63.3 Å². The molecule has 1 saturated carbocycles. The van der Waals surface area contributed by atoms with Crippen molar-refractivity contribution in [2.24, 2.45) is 0 Å². The van der Waals surface area contributed by atoms with E-state index in [0.717, 1.165) is 40.1 Å². The van der Waals surface area contributed by atoms with Gasteiger partial charge in [-0.3, -0.25) is 4.79 Å². The molecule has 1 amide bonds. The number of aromatic hydroxyl groups is 1. The number of nitrogens with one attached hydrogen (secondary N) is 3. The lowest BCUT2D eigenvalue weighted by molar-refractivity contribution is 0.136. The van der Waals surface area contributed by atoms with Gasteiger partial charge in [-0.2, -0.15) is 0 Å². The zero-order chi connectivity index (χ0) is 23.0. The molecule has 1 aliphatic carbocycles. The summed E-state index contributed by atoms with van der Waals surface area (Å²) in [6, 6.07) is 13.6. The Morgan fingerprint density at radius 2 is 1.94 bits per heavy atom. The van der Waals surface area contributed by atoms with Crippen LogP contribution in [0.15, 0.2) is 47.3 Å². The summed E-state index contributed by atoms with van der Waals surface area (Å²) in [5.74, 6) is -0.0502. The van der Waals surface area contributed by atoms with E-state index < -0.39 is 6.09 Å². The van der Waals surface area contributed by atoms with Crippen LogP contribution in [0.1, 0.15) is 55.6 Å². The lowest BCUT2D eigenvalue weighted by atomic mass is 9.93. The minimum atomic E-state index is -0.471. The number of aromatic nitrogens is 1. The number of rotatable bonds is 9. The maximum atomic E-state index is 12.4. The number of carbonyl (C=O) groups excluding carboxylic acids is 1. The molecule has 0 spiro atoms. The predicted molar refractivity (Wildman–Crippen MR) is 131 cm³/mol. The van der Waals surface area contributed by atoms with Crippen LogP contribution < -0.4 is 15.5 Å². The smallest absolute Gasteiger partial charge is 0.407 e. The monoisotopic (exact) mass is 469 g/mol. The molecule has 1 atom stereocenters. The van der Waals surface area contributed by atoms with Crippen molar-refractivity contribution in [2.45, 2.75) is 57.0 Å². The van der Waals surface area contributed by atoms with E-state index >= 15 is 0 Å². The SMILES string of the molecule is O=C(NCc1ccccc1)OCC(CCNC1CCCCC1)c1ccc(O)c2[nH]c(=O)sc12. The molecular formula is C25H31N3O4S. The molecule has 33 heavy (non-hydrogen) atoms. The summed E-state index contributed by atoms with van der Waals surface area (Å²) in [7, 11) is 0. The quantitative estimate of drug-likeness (QED) is 0.366. The number of phenols is 1. The molecule has 1 unspecified atom stereocenters. The first kappa shape index (κ1) is 23.3. The second-order valence-corrected chi connectivity index (χ2v) is 9.59. The summed E-state index contributed by atoms with van der Waals surface area (Å²) < 4.78 is 6.30. The molecule has 7 nitrogen and oxygen atoms in total. The Hall–Kier alpha value is -2.84. The van der Waals surface area contributed by atoms with E-state index in [1.165, 1.54) is 32.1 Å². The van der Waals surface area contributed by atoms with Crippen molar-refractivity contribution in [1.29, 1.82) is 0 Å². The highest BCUT2D eigenvalue weighted by molar-refractivity contribution is 7.16. The van der Waals surface area contributed by atoms with Crippen LogP contribution in [0.25, 0.3) is 10.2 Å². The fourth-order valence-electron chi connectivity index (χ4n) is 4.46. The third kappa shape index (κ3) is 6.36. The zero-order valence-electron chi connectivity index (χ0n) is 18.6. The van der Waals surface area contributed by atoms with Crippen molar-refractivity contribution in [3.8, 4) is 5.75 Å². The molecule has 1 aromatic heterocycles. The molecule has 0 bridgehead atoms. The minimum absolute atomic E-state index is 0.0488. The maximum Gasteiger partial charge on any atom is 0.407 e. The number of fused-ring (bicyclic) bond motifs is 1. The molecular weight excluding hydrogens is 438 g/mol. The van der Waals surface area contributed by atoms with Gasteiger partial charge in [0.2, 0.25) is 0 Å². The highest BCUT2D eigenvalue weighted by atomic mass is 32.1. The standard InChI is InChI=1S/C25H31N3O4S/c29-21-12-11-20(23-22(21)28-25(31)33-23)18(13-14-26-19-9-5-2-6-10-19)16-32-24(30)27-15-17-7-3-1-4-8-17/h1,3-4,7-8,11-12,18-19,26,29H,2,5-6,9-10,13-16H2,(H,27,30)(H,28,31). The van der Waals surface area contributed by atoms with Gasteiger partial charge in [-0.25, -0.2) is 4.79 Å². The van der Waals surface area contributed by atoms with Crippen molar-refractivity contribution in [2.75, 3.05) is 13.2 Å². The zero-order valence-corrected chi connectivity index (χ0v) is 19.5. The number of benzene rings is 2. The number of H-pyrrole nitrogens is 1. The normalized spacial score (nSPS) is 15.4. The molecule has 0 saturated heterocycles. The van der Waals surface area contributed by atoms with E-state index in [9.17, 15) is 14.7 Å². The first-order valence-corrected chi connectivity index (χ1v) is 12.4. The van der Waals surface area contributed by atoms with E-state index in [0.29, 0.717) is 18.1 Å². The third-order valence-corrected chi connectivity index (χ3v) is 7.19. The summed E-state index contributed by atoms with van der Waals surface area (Å²) in [5, 5.41) is 16.6. The number of hydrogen-bond donors (Lipinski definition) is 4. The summed E-state index contributed by atoms with van der Waals surface area (Å²) >= 11 is 1.08. The lowest BCUT2D eigenvalue weighted by Gasteiger charge is -2.24. The Labute approximate surface area is 197 Å². The summed E-state index contributed by atoms with van der Waals surface area (Å²) in [6.45, 7) is 1.39. The van der Waals surface area contributed by atoms with Crippen molar-refractivity contribution in [1.82, 2.24) is 15.6 Å². The second-order valence-electron chi connectivity index (χ2n) is 8.60. The molecule has 3 aromatic rings. The van der Waals surface area contributed by atoms with Crippen LogP contribution in [0, 0.1) is 0 Å². The number of aromatic amines is 1. The van der Waals surface area contributed by atoms with Crippen LogP contribution in [-0.2, 0) is 11.3 Å². The van der Waals surface area contributed by atoms with Crippen molar-refractivity contribution in [3.63, 3.8) is 0 Å². The van der Waals surface area contributed by atoms with Gasteiger partial charge in [0.15, 0.2) is 0 Å². The minimum Gasteiger partial charge on any atom is -0.506 e. The first-order valence-electron chi connectivity index (χ1n) is 11.6. The molecule has 8 heteroatoms. The fourth-order valence-corrected chi connectivity index (χ4v) is 5.40. The number of thiazole rings is 1. The lowest BCUT2D eigenvalue weighted by Crippen LogP contribution is -2.33. The highest BCUT2D eigenvalue weighted by Crippen LogP contribution is 2.34. The van der Waals surface area contributed by atoms with Crippen molar-refractivity contribution < 1.29 is 14.6 Å². The van der Waals surface area contributed by atoms with E-state index in [2.05, 4.69) is 15.6 Å². The number of amides is 1. The number of carbonyl (C=O) groups is 1. The van der Waals surface area contributed by atoms with Gasteiger partial charge in [0.1, 0.15) is 17.9 Å². The molecule has 176 valence electrons. The summed E-state index contributed by atoms with van der Waals surface area (Å²) in [4.78, 5) is 26.8. The topological polar surface area (TPSA) is 103 Å². The maximum absolute atomic E-state index is 12.4. The Kier molecular flexibility index (Phi) is 8.01. The van der Waals surface area contributed by atoms with E-state index in [-0.39, 0.29) is 23.1 Å². The molecule has 0 aliphatic heterocycles. The summed E-state index contributed by atoms with van der Waals surface area (Å²) in [5.41, 5.74) is 2.36. The van der Waals surface area contributed by atoms with Crippen LogP contribution in [0.4, 0.5) is 4.79 Å². The average Bonchev–Trinajstić information content (AvgIpc) is 3.24. The molecule has 1 aliphatic rings. The van der Waals surface area contributed by atoms with Crippen LogP contribution in [0.5, 0.6) is 5.75 Å². The third-order valence-electron chi connectivity index (χ3n) is 6.25. The van der Waals surface area contributed by atoms with Gasteiger partial charge in [-0.05, 0) is 43.0 Å². The first-order chi connectivity index (χ1) is 16.1. The van der Waals surface area contributed by atoms with Crippen LogP contribution in [0.2, 0.25) is 0 Å². The Morgan fingerprint density at radius 1 is 1.15 bits per heavy atom. The van der Waals surface area contributed by atoms with E-state index in [1.807, 2.05) is 36.4 Å². The van der Waals surface area contributed by atoms with Gasteiger partial charge in [0, 0.05) is 18.5 Å². The number of hydrogen-bond acceptors (Lipinski definition) is 6. The van der Waals surface area contributed by atoms with Gasteiger partial charge in [-0.15, -0.1) is 0 Å². The van der Waals surface area contributed by atoms with Gasteiger partial charge in [-0.1, -0.05) is 67.0 Å². The average molecular weight is 470 g/mol. The predicted octanol–water partition coefficient (Wildman–Crippen LogP) is 4.62. The van der Waals surface area contributed by atoms with Crippen LogP contribution in [-0.4, -0.2) is 35.4 Å². The molecule has 2 aromatic carbocycles. The van der Waals surface area contributed by atoms with E-state index in [4.69, 9.17) is 4.74 Å². The van der Waals surface area contributed by atoms with Gasteiger partial charge in [0.05, 0.1) is 4.70 Å². The van der Waals surface area contributed by atoms with Gasteiger partial charge in [0.25, 0.3) is 0 Å². The number of ether oxygens (including phenoxy) is 1. The fraction of sp³-hybridized carbons (Fsp3) is 0.440. The van der Waals surface area contributed by atoms with E-state index in [1.54, 1.807) is 6.07 Å². The summed E-state index contributed by atoms with van der Waals surface area (Å²) in [6.07, 6.45) is 6.53. The Bertz CT molecular complexity index is 1110. The molecule has 4 rings (SSSR count). The second kappa shape index (κ2) is 11.3. The molecule has 1 heterocycles. The molecule has 1 fully saturated rings. The highest BCUT2D eigenvalue weighted by Gasteiger charge is 2.21. The Morgan fingerprint density at radius 3 is 2.73 bits per heavy atom. The number of phenolic OH excluding ortho intramolecular Hbond substituents is 1. The van der Waals surface area contributed by atoms with Crippen LogP contribution >= 0.6 is 11.3 Å². The largest absolute Gasteiger partial charge is 0.506 e. The van der Waals surface area contributed by atoms with Gasteiger partial charge < -0.3 is 25.5 Å². The van der Waals surface area contributed by atoms with Gasteiger partial charge >= 0.3 is 11.0 Å². The molecule has 4 N–H and O–H groups in total. The molecule has 0 radical (unpaired) electrons. The van der Waals surface area contributed by atoms with Crippen molar-refractivity contribution >= 4 is 27.6 Å².